The van der Waals surface area contributed by atoms with E-state index in [-0.39, 0.29) is 13.5 Å². The van der Waals surface area contributed by atoms with Gasteiger partial charge in [-0.25, -0.2) is 4.52 Å². The minimum atomic E-state index is -0.0108. The average molecular weight is 336 g/mol. The fraction of sp³-hybridized carbons (Fsp3) is 0.176. The number of nitrogen functional groups attached to an aromatic ring is 1. The molecule has 1 aromatic carbocycles. The average Bonchev–Trinajstić information content (AvgIpc) is 3.01. The Kier molecular flexibility index (Phi) is 3.04. The fourth-order valence-corrected chi connectivity index (χ4v) is 2.89. The number of anilines is 1. The molecule has 0 aliphatic carbocycles. The van der Waals surface area contributed by atoms with Crippen LogP contribution >= 0.6 is 0 Å². The Hall–Kier alpha value is -3.26. The molecule has 5 rings (SSSR count). The molecule has 0 unspecified atom stereocenters. The lowest BCUT2D eigenvalue weighted by atomic mass is 10.1. The lowest BCUT2D eigenvalue weighted by Crippen LogP contribution is -2.39. The molecule has 0 atom stereocenters. The maximum atomic E-state index is 5.95. The molecule has 8 nitrogen and oxygen atoms in total. The first-order chi connectivity index (χ1) is 12.3. The summed E-state index contributed by atoms with van der Waals surface area (Å²) in [6, 6.07) is 7.90. The molecule has 25 heavy (non-hydrogen) atoms. The van der Waals surface area contributed by atoms with Crippen LogP contribution in [-0.2, 0) is 4.74 Å². The van der Waals surface area contributed by atoms with Gasteiger partial charge in [0.05, 0.1) is 24.2 Å². The van der Waals surface area contributed by atoms with E-state index in [2.05, 4.69) is 20.1 Å². The van der Waals surface area contributed by atoms with Crippen molar-refractivity contribution in [3.8, 4) is 17.0 Å². The highest BCUT2D eigenvalue weighted by molar-refractivity contribution is 5.89. The van der Waals surface area contributed by atoms with Crippen molar-refractivity contribution < 1.29 is 10.9 Å². The highest BCUT2D eigenvalue weighted by atomic mass is 16.6. The summed E-state index contributed by atoms with van der Waals surface area (Å²) in [7, 11) is 0. The zero-order valence-electron chi connectivity index (χ0n) is 13.2. The van der Waals surface area contributed by atoms with Crippen molar-refractivity contribution in [2.24, 2.45) is 0 Å². The van der Waals surface area contributed by atoms with E-state index in [0.29, 0.717) is 19.1 Å². The number of hydrogen-bond acceptors (Lipinski definition) is 7. The van der Waals surface area contributed by atoms with Gasteiger partial charge in [-0.2, -0.15) is 4.98 Å². The molecule has 1 saturated heterocycles. The number of aromatic nitrogens is 5. The van der Waals surface area contributed by atoms with Crippen LogP contribution in [0.15, 0.2) is 42.9 Å². The summed E-state index contributed by atoms with van der Waals surface area (Å²) < 4.78 is 12.8. The van der Waals surface area contributed by atoms with E-state index in [1.807, 2.05) is 30.5 Å². The molecule has 1 aliphatic heterocycles. The van der Waals surface area contributed by atoms with E-state index >= 15 is 0 Å². The molecular formula is C17H16N6O2. The third-order valence-electron chi connectivity index (χ3n) is 4.16. The summed E-state index contributed by atoms with van der Waals surface area (Å²) in [4.78, 5) is 13.0. The molecule has 1 aliphatic rings. The van der Waals surface area contributed by atoms with Crippen molar-refractivity contribution in [2.45, 2.75) is 6.10 Å². The largest absolute Gasteiger partial charge is 0.468 e. The van der Waals surface area contributed by atoms with Crippen LogP contribution in [0.5, 0.6) is 5.88 Å². The maximum Gasteiger partial charge on any atom is 0.244 e. The number of fused-ring (bicyclic) bond motifs is 2. The quantitative estimate of drug-likeness (QED) is 0.610. The van der Waals surface area contributed by atoms with E-state index in [1.165, 1.54) is 0 Å². The predicted molar refractivity (Wildman–Crippen MR) is 93.3 cm³/mol. The van der Waals surface area contributed by atoms with Gasteiger partial charge in [-0.1, -0.05) is 6.07 Å². The molecule has 0 spiro atoms. The molecule has 0 bridgehead atoms. The van der Waals surface area contributed by atoms with Crippen LogP contribution in [0.3, 0.4) is 0 Å². The number of ether oxygens (including phenoxy) is 2. The van der Waals surface area contributed by atoms with Gasteiger partial charge < -0.3 is 15.2 Å². The first kappa shape index (κ1) is 14.1. The van der Waals surface area contributed by atoms with Gasteiger partial charge in [-0.15, -0.1) is 5.10 Å². The van der Waals surface area contributed by atoms with Crippen LogP contribution < -0.4 is 10.5 Å². The van der Waals surface area contributed by atoms with Gasteiger partial charge in [0.2, 0.25) is 11.8 Å². The van der Waals surface area contributed by atoms with Crippen LogP contribution in [0.2, 0.25) is 0 Å². The van der Waals surface area contributed by atoms with Crippen LogP contribution in [0.25, 0.3) is 27.7 Å². The Balaban J connectivity index is 0.00000168. The second-order valence-corrected chi connectivity index (χ2v) is 5.83. The normalized spacial score (nSPS) is 14.7. The standard InChI is InChI=1S/C17H14N6O2.H2/c18-17-21-16(25-11-8-24-9-11)15-12(3-6-23(15)22-17)10-1-2-13-14(7-10)20-5-4-19-13;/h1-7,11H,8-9H2,(H2,18,22);1H. The molecule has 4 aromatic rings. The highest BCUT2D eigenvalue weighted by Crippen LogP contribution is 2.33. The first-order valence-corrected chi connectivity index (χ1v) is 7.88. The zero-order chi connectivity index (χ0) is 16.8. The summed E-state index contributed by atoms with van der Waals surface area (Å²) in [5, 5.41) is 4.24. The van der Waals surface area contributed by atoms with Crippen molar-refractivity contribution >= 4 is 22.5 Å². The third-order valence-corrected chi connectivity index (χ3v) is 4.16. The minimum absolute atomic E-state index is 0. The molecule has 126 valence electrons. The molecule has 0 saturated carbocycles. The van der Waals surface area contributed by atoms with E-state index in [1.54, 1.807) is 16.9 Å². The Morgan fingerprint density at radius 1 is 1.16 bits per heavy atom. The van der Waals surface area contributed by atoms with Crippen LogP contribution in [-0.4, -0.2) is 43.9 Å². The van der Waals surface area contributed by atoms with Crippen LogP contribution in [0.4, 0.5) is 5.95 Å². The van der Waals surface area contributed by atoms with Gasteiger partial charge >= 0.3 is 0 Å². The number of nitrogens with two attached hydrogens (primary N) is 1. The molecule has 0 radical (unpaired) electrons. The summed E-state index contributed by atoms with van der Waals surface area (Å²) in [5.41, 5.74) is 10.2. The second-order valence-electron chi connectivity index (χ2n) is 5.83. The van der Waals surface area contributed by atoms with Gasteiger partial charge in [0.1, 0.15) is 11.6 Å². The smallest absolute Gasteiger partial charge is 0.244 e. The minimum Gasteiger partial charge on any atom is -0.468 e. The lowest BCUT2D eigenvalue weighted by Gasteiger charge is -2.26. The molecule has 3 aromatic heterocycles. The molecular weight excluding hydrogens is 320 g/mol. The fourth-order valence-electron chi connectivity index (χ4n) is 2.89. The number of nitrogens with zero attached hydrogens (tertiary/aromatic N) is 5. The van der Waals surface area contributed by atoms with Crippen molar-refractivity contribution in [1.82, 2.24) is 24.6 Å². The van der Waals surface area contributed by atoms with Crippen molar-refractivity contribution in [1.29, 1.82) is 0 Å². The Bertz CT molecular complexity index is 1100. The molecule has 1 fully saturated rings. The highest BCUT2D eigenvalue weighted by Gasteiger charge is 2.24. The second kappa shape index (κ2) is 5.38. The van der Waals surface area contributed by atoms with Gasteiger partial charge in [-0.3, -0.25) is 9.97 Å². The zero-order valence-corrected chi connectivity index (χ0v) is 13.2. The monoisotopic (exact) mass is 336 g/mol. The van der Waals surface area contributed by atoms with Crippen LogP contribution in [0, 0.1) is 0 Å². The maximum absolute atomic E-state index is 5.95. The van der Waals surface area contributed by atoms with Gasteiger partial charge in [0, 0.05) is 25.6 Å². The Labute approximate surface area is 143 Å². The third kappa shape index (κ3) is 2.34. The van der Waals surface area contributed by atoms with Gasteiger partial charge in [-0.05, 0) is 23.8 Å². The lowest BCUT2D eigenvalue weighted by molar-refractivity contribution is -0.0808. The van der Waals surface area contributed by atoms with Gasteiger partial charge in [0.25, 0.3) is 0 Å². The van der Waals surface area contributed by atoms with E-state index < -0.39 is 0 Å². The van der Waals surface area contributed by atoms with Crippen molar-refractivity contribution in [3.63, 3.8) is 0 Å². The van der Waals surface area contributed by atoms with Crippen LogP contribution in [0.1, 0.15) is 1.43 Å². The van der Waals surface area contributed by atoms with Crippen molar-refractivity contribution in [3.05, 3.63) is 42.9 Å². The van der Waals surface area contributed by atoms with E-state index in [9.17, 15) is 0 Å². The summed E-state index contributed by atoms with van der Waals surface area (Å²) in [6.07, 6.45) is 5.19. The summed E-state index contributed by atoms with van der Waals surface area (Å²) >= 11 is 0. The predicted octanol–water partition coefficient (Wildman–Crippen LogP) is 1.95. The number of hydrogen-bond donors (Lipinski definition) is 1. The molecule has 8 heteroatoms. The van der Waals surface area contributed by atoms with E-state index in [0.717, 1.165) is 27.7 Å². The number of benzene rings is 1. The topological polar surface area (TPSA) is 100 Å². The Morgan fingerprint density at radius 3 is 2.80 bits per heavy atom. The van der Waals surface area contributed by atoms with Gasteiger partial charge in [0.15, 0.2) is 0 Å². The summed E-state index contributed by atoms with van der Waals surface area (Å²) in [5.74, 6) is 0.620. The summed E-state index contributed by atoms with van der Waals surface area (Å²) in [6.45, 7) is 1.11. The Morgan fingerprint density at radius 2 is 2.00 bits per heavy atom. The molecule has 4 heterocycles. The molecule has 0 amide bonds. The number of rotatable bonds is 3. The SMILES string of the molecule is Nc1nc(OC2COC2)c2c(-c3ccc4nccnc4c3)ccn2n1.[HH]. The molecule has 2 N–H and O–H groups in total. The first-order valence-electron chi connectivity index (χ1n) is 7.88. The van der Waals surface area contributed by atoms with Crippen molar-refractivity contribution in [2.75, 3.05) is 18.9 Å². The van der Waals surface area contributed by atoms with E-state index in [4.69, 9.17) is 15.2 Å².